The molecule has 2 aromatic carbocycles. The van der Waals surface area contributed by atoms with Gasteiger partial charge in [0.25, 0.3) is 0 Å². The zero-order valence-corrected chi connectivity index (χ0v) is 23.6. The zero-order chi connectivity index (χ0) is 28.9. The average molecular weight is 552 g/mol. The molecule has 0 aliphatic carbocycles. The second-order valence-corrected chi connectivity index (χ2v) is 11.7. The summed E-state index contributed by atoms with van der Waals surface area (Å²) >= 11 is 0. The van der Waals surface area contributed by atoms with Crippen molar-refractivity contribution in [1.29, 1.82) is 0 Å². The van der Waals surface area contributed by atoms with Crippen molar-refractivity contribution in [2.45, 2.75) is 70.1 Å². The number of benzene rings is 2. The number of piperidine rings is 1. The smallest absolute Gasteiger partial charge is 0.225 e. The van der Waals surface area contributed by atoms with E-state index in [1.165, 1.54) is 24.6 Å². The number of hydrogen-bond donors (Lipinski definition) is 3. The van der Waals surface area contributed by atoms with E-state index in [0.29, 0.717) is 24.6 Å². The number of aromatic nitrogens is 2. The molecular weight excluding hydrogens is 512 g/mol. The maximum atomic E-state index is 13.8. The number of carbonyl (C=O) groups excluding carboxylic acids is 1. The molecule has 1 aromatic heterocycles. The molecule has 3 aromatic rings. The minimum absolute atomic E-state index is 0.0357. The Morgan fingerprint density at radius 1 is 1.05 bits per heavy atom. The van der Waals surface area contributed by atoms with Crippen LogP contribution in [-0.4, -0.2) is 52.8 Å². The van der Waals surface area contributed by atoms with Gasteiger partial charge in [-0.05, 0) is 59.6 Å². The molecule has 9 heteroatoms. The number of aliphatic hydroxyl groups is 1. The van der Waals surface area contributed by atoms with Gasteiger partial charge in [0, 0.05) is 50.6 Å². The Kier molecular flexibility index (Phi) is 9.15. The van der Waals surface area contributed by atoms with Gasteiger partial charge < -0.3 is 20.6 Å². The van der Waals surface area contributed by atoms with E-state index in [4.69, 9.17) is 0 Å². The summed E-state index contributed by atoms with van der Waals surface area (Å²) < 4.78 is 27.7. The first-order valence-corrected chi connectivity index (χ1v) is 13.7. The van der Waals surface area contributed by atoms with Crippen LogP contribution in [0, 0.1) is 11.6 Å². The predicted molar refractivity (Wildman–Crippen MR) is 152 cm³/mol. The molecule has 0 radical (unpaired) electrons. The lowest BCUT2D eigenvalue weighted by atomic mass is 9.77. The van der Waals surface area contributed by atoms with Gasteiger partial charge in [-0.3, -0.25) is 4.79 Å². The molecule has 214 valence electrons. The Morgan fingerprint density at radius 3 is 2.30 bits per heavy atom. The first kappa shape index (κ1) is 29.6. The minimum atomic E-state index is -1.01. The number of rotatable bonds is 9. The molecule has 1 aliphatic rings. The van der Waals surface area contributed by atoms with E-state index in [9.17, 15) is 18.7 Å². The number of hydrogen-bond acceptors (Lipinski definition) is 6. The number of aliphatic hydroxyl groups excluding tert-OH is 1. The minimum Gasteiger partial charge on any atom is -0.390 e. The molecule has 1 saturated heterocycles. The molecule has 2 atom stereocenters. The molecule has 1 aliphatic heterocycles. The lowest BCUT2D eigenvalue weighted by Gasteiger charge is -2.44. The van der Waals surface area contributed by atoms with Crippen LogP contribution in [0.3, 0.4) is 0 Å². The lowest BCUT2D eigenvalue weighted by Crippen LogP contribution is -2.56. The molecule has 2 heterocycles. The van der Waals surface area contributed by atoms with E-state index in [1.54, 1.807) is 18.5 Å². The number of halogens is 2. The van der Waals surface area contributed by atoms with Crippen LogP contribution in [0.1, 0.15) is 57.2 Å². The highest BCUT2D eigenvalue weighted by Gasteiger charge is 2.38. The van der Waals surface area contributed by atoms with Crippen LogP contribution in [0.4, 0.5) is 14.7 Å². The van der Waals surface area contributed by atoms with Gasteiger partial charge in [0.05, 0.1) is 12.1 Å². The monoisotopic (exact) mass is 551 g/mol. The van der Waals surface area contributed by atoms with Crippen molar-refractivity contribution < 1.29 is 18.7 Å². The molecule has 0 unspecified atom stereocenters. The largest absolute Gasteiger partial charge is 0.390 e. The average Bonchev–Trinajstić information content (AvgIpc) is 2.91. The van der Waals surface area contributed by atoms with Gasteiger partial charge in [-0.15, -0.1) is 0 Å². The van der Waals surface area contributed by atoms with Crippen LogP contribution >= 0.6 is 0 Å². The fourth-order valence-corrected chi connectivity index (χ4v) is 5.36. The Morgan fingerprint density at radius 2 is 1.70 bits per heavy atom. The standard InChI is InChI=1S/C31H39F2N5O2/c1-21(39)37-27(17-22-15-25(32)19-26(33)16-22)28(40)20-36-31(24-8-5-7-23(18-24)30(2,3)4)9-13-38(14-10-31)29-34-11-6-12-35-29/h5-8,11-12,15-16,18-19,27-28,36,40H,9-10,13-14,17,20H2,1-4H3,(H,37,39)/t27-,28-/m0/s1. The van der Waals surface area contributed by atoms with Crippen molar-refractivity contribution >= 4 is 11.9 Å². The van der Waals surface area contributed by atoms with E-state index in [0.717, 1.165) is 24.5 Å². The second-order valence-electron chi connectivity index (χ2n) is 11.7. The van der Waals surface area contributed by atoms with Crippen LogP contribution < -0.4 is 15.5 Å². The van der Waals surface area contributed by atoms with E-state index >= 15 is 0 Å². The van der Waals surface area contributed by atoms with Gasteiger partial charge in [-0.2, -0.15) is 0 Å². The summed E-state index contributed by atoms with van der Waals surface area (Å²) in [5.74, 6) is -1.04. The Labute approximate surface area is 235 Å². The van der Waals surface area contributed by atoms with Gasteiger partial charge >= 0.3 is 0 Å². The molecular formula is C31H39F2N5O2. The maximum Gasteiger partial charge on any atom is 0.225 e. The van der Waals surface area contributed by atoms with Gasteiger partial charge in [0.15, 0.2) is 0 Å². The van der Waals surface area contributed by atoms with E-state index in [1.807, 2.05) is 0 Å². The summed E-state index contributed by atoms with van der Waals surface area (Å²) in [6, 6.07) is 12.9. The van der Waals surface area contributed by atoms with Crippen molar-refractivity contribution in [1.82, 2.24) is 20.6 Å². The molecule has 40 heavy (non-hydrogen) atoms. The Bertz CT molecular complexity index is 1270. The Hall–Kier alpha value is -3.43. The molecule has 1 amide bonds. The number of amides is 1. The third-order valence-electron chi connectivity index (χ3n) is 7.61. The zero-order valence-electron chi connectivity index (χ0n) is 23.6. The summed E-state index contributed by atoms with van der Waals surface area (Å²) in [5, 5.41) is 17.7. The summed E-state index contributed by atoms with van der Waals surface area (Å²) in [5.41, 5.74) is 2.22. The van der Waals surface area contributed by atoms with Crippen molar-refractivity contribution in [2.24, 2.45) is 0 Å². The highest BCUT2D eigenvalue weighted by atomic mass is 19.1. The number of anilines is 1. The topological polar surface area (TPSA) is 90.4 Å². The van der Waals surface area contributed by atoms with Gasteiger partial charge in [0.1, 0.15) is 11.6 Å². The van der Waals surface area contributed by atoms with Gasteiger partial charge in [-0.25, -0.2) is 18.7 Å². The summed E-state index contributed by atoms with van der Waals surface area (Å²) in [6.45, 7) is 9.50. The second kappa shape index (κ2) is 12.4. The Balaban J connectivity index is 1.57. The van der Waals surface area contributed by atoms with Crippen LogP contribution in [-0.2, 0) is 22.2 Å². The summed E-state index contributed by atoms with van der Waals surface area (Å²) in [7, 11) is 0. The van der Waals surface area contributed by atoms with Crippen LogP contribution in [0.15, 0.2) is 60.9 Å². The van der Waals surface area contributed by atoms with Crippen molar-refractivity contribution in [3.63, 3.8) is 0 Å². The summed E-state index contributed by atoms with van der Waals surface area (Å²) in [6.07, 6.45) is 4.03. The normalized spacial score (nSPS) is 16.8. The molecule has 0 saturated carbocycles. The number of nitrogens with zero attached hydrogens (tertiary/aromatic N) is 3. The van der Waals surface area contributed by atoms with E-state index < -0.39 is 29.3 Å². The lowest BCUT2D eigenvalue weighted by molar-refractivity contribution is -0.120. The van der Waals surface area contributed by atoms with Gasteiger partial charge in [0.2, 0.25) is 11.9 Å². The fraction of sp³-hybridized carbons (Fsp3) is 0.452. The van der Waals surface area contributed by atoms with Gasteiger partial charge in [-0.1, -0.05) is 45.0 Å². The van der Waals surface area contributed by atoms with Crippen molar-refractivity contribution in [3.8, 4) is 0 Å². The van der Waals surface area contributed by atoms with E-state index in [2.05, 4.69) is 70.5 Å². The fourth-order valence-electron chi connectivity index (χ4n) is 5.36. The maximum absolute atomic E-state index is 13.8. The van der Waals surface area contributed by atoms with E-state index in [-0.39, 0.29) is 24.3 Å². The van der Waals surface area contributed by atoms with Crippen LogP contribution in [0.25, 0.3) is 0 Å². The third kappa shape index (κ3) is 7.40. The predicted octanol–water partition coefficient (Wildman–Crippen LogP) is 4.25. The third-order valence-corrected chi connectivity index (χ3v) is 7.61. The first-order chi connectivity index (χ1) is 18.9. The SMILES string of the molecule is CC(=O)N[C@@H](Cc1cc(F)cc(F)c1)[C@@H](O)CNC1(c2cccc(C(C)(C)C)c2)CCN(c2ncccn2)CC1. The molecule has 4 rings (SSSR count). The quantitative estimate of drug-likeness (QED) is 0.369. The van der Waals surface area contributed by atoms with Crippen molar-refractivity contribution in [3.05, 3.63) is 89.2 Å². The number of nitrogens with one attached hydrogen (secondary N) is 2. The number of carbonyl (C=O) groups is 1. The first-order valence-electron chi connectivity index (χ1n) is 13.7. The molecule has 3 N–H and O–H groups in total. The molecule has 1 fully saturated rings. The molecule has 7 nitrogen and oxygen atoms in total. The van der Waals surface area contributed by atoms with Crippen molar-refractivity contribution in [2.75, 3.05) is 24.5 Å². The highest BCUT2D eigenvalue weighted by molar-refractivity contribution is 5.73. The molecule has 0 spiro atoms. The summed E-state index contributed by atoms with van der Waals surface area (Å²) in [4.78, 5) is 22.9. The molecule has 0 bridgehead atoms. The van der Waals surface area contributed by atoms with Crippen LogP contribution in [0.2, 0.25) is 0 Å². The highest BCUT2D eigenvalue weighted by Crippen LogP contribution is 2.36. The van der Waals surface area contributed by atoms with Crippen LogP contribution in [0.5, 0.6) is 0 Å².